The zero-order valence-electron chi connectivity index (χ0n) is 10.1. The Labute approximate surface area is 104 Å². The van der Waals surface area contributed by atoms with Crippen LogP contribution in [0.3, 0.4) is 0 Å². The smallest absolute Gasteiger partial charge is 0.312 e. The third kappa shape index (κ3) is 2.49. The molecule has 1 aromatic carbocycles. The van der Waals surface area contributed by atoms with E-state index in [1.807, 2.05) is 44.2 Å². The number of nitrogens with zero attached hydrogens (tertiary/aromatic N) is 2. The number of urea groups is 1. The van der Waals surface area contributed by atoms with Crippen LogP contribution in [-0.2, 0) is 10.7 Å². The molecule has 17 heavy (non-hydrogen) atoms. The van der Waals surface area contributed by atoms with Crippen LogP contribution in [0.1, 0.15) is 13.8 Å². The Bertz CT molecular complexity index is 433. The fourth-order valence-electron chi connectivity index (χ4n) is 1.79. The van der Waals surface area contributed by atoms with Crippen LogP contribution in [-0.4, -0.2) is 28.7 Å². The van der Waals surface area contributed by atoms with Crippen LogP contribution < -0.4 is 4.90 Å². The molecule has 1 atom stereocenters. The molecule has 1 aromatic rings. The summed E-state index contributed by atoms with van der Waals surface area (Å²) in [5.74, 6) is 1.06. The Morgan fingerprint density at radius 3 is 2.47 bits per heavy atom. The summed E-state index contributed by atoms with van der Waals surface area (Å²) in [5, 5.41) is 0. The zero-order valence-corrected chi connectivity index (χ0v) is 10.9. The number of para-hydroxylation sites is 1. The summed E-state index contributed by atoms with van der Waals surface area (Å²) >= 11 is 0. The van der Waals surface area contributed by atoms with Crippen LogP contribution in [0.15, 0.2) is 30.3 Å². The standard InChI is InChI=1S/C12H17N3OS/c1-10(2)14-8-17(13)9-15(12(14)16)11-6-4-3-5-7-11/h3-7,10,13H,8-9H2,1-2H3. The monoisotopic (exact) mass is 251 g/mol. The molecule has 0 spiro atoms. The molecule has 2 amide bonds. The number of benzene rings is 1. The van der Waals surface area contributed by atoms with Gasteiger partial charge in [0.15, 0.2) is 0 Å². The molecule has 0 aliphatic carbocycles. The van der Waals surface area contributed by atoms with E-state index in [9.17, 15) is 4.79 Å². The normalized spacial score (nSPS) is 21.1. The van der Waals surface area contributed by atoms with Gasteiger partial charge >= 0.3 is 6.03 Å². The first-order valence-electron chi connectivity index (χ1n) is 5.61. The van der Waals surface area contributed by atoms with E-state index in [-0.39, 0.29) is 12.1 Å². The van der Waals surface area contributed by atoms with Crippen LogP contribution in [0.5, 0.6) is 0 Å². The van der Waals surface area contributed by atoms with E-state index in [0.717, 1.165) is 5.69 Å². The fourth-order valence-corrected chi connectivity index (χ4v) is 3.19. The van der Waals surface area contributed by atoms with Gasteiger partial charge in [-0.3, -0.25) is 9.68 Å². The molecule has 0 radical (unpaired) electrons. The van der Waals surface area contributed by atoms with Crippen molar-refractivity contribution >= 4 is 22.4 Å². The van der Waals surface area contributed by atoms with Crippen molar-refractivity contribution in [3.8, 4) is 0 Å². The van der Waals surface area contributed by atoms with Crippen LogP contribution in [0.2, 0.25) is 0 Å². The van der Waals surface area contributed by atoms with Crippen LogP contribution in [0.4, 0.5) is 10.5 Å². The van der Waals surface area contributed by atoms with E-state index in [4.69, 9.17) is 4.78 Å². The molecular weight excluding hydrogens is 234 g/mol. The van der Waals surface area contributed by atoms with E-state index in [1.165, 1.54) is 0 Å². The predicted molar refractivity (Wildman–Crippen MR) is 71.1 cm³/mol. The summed E-state index contributed by atoms with van der Waals surface area (Å²) in [7, 11) is -0.511. The lowest BCUT2D eigenvalue weighted by Gasteiger charge is -2.38. The minimum Gasteiger partial charge on any atom is -0.312 e. The summed E-state index contributed by atoms with van der Waals surface area (Å²) in [5.41, 5.74) is 0.882. The molecule has 5 heteroatoms. The molecule has 4 nitrogen and oxygen atoms in total. The van der Waals surface area contributed by atoms with Gasteiger partial charge in [-0.1, -0.05) is 28.9 Å². The van der Waals surface area contributed by atoms with Gasteiger partial charge in [-0.15, -0.1) is 0 Å². The zero-order chi connectivity index (χ0) is 12.4. The molecular formula is C12H17N3OS. The number of rotatable bonds is 2. The minimum atomic E-state index is -0.511. The van der Waals surface area contributed by atoms with Gasteiger partial charge in [0, 0.05) is 11.7 Å². The van der Waals surface area contributed by atoms with Crippen LogP contribution in [0, 0.1) is 4.78 Å². The molecule has 1 heterocycles. The Morgan fingerprint density at radius 1 is 1.24 bits per heavy atom. The molecule has 92 valence electrons. The minimum absolute atomic E-state index is 0.0159. The largest absolute Gasteiger partial charge is 0.326 e. The predicted octanol–water partition coefficient (Wildman–Crippen LogP) is 2.63. The second-order valence-corrected chi connectivity index (χ2v) is 5.86. The number of hydrogen-bond acceptors (Lipinski definition) is 2. The highest BCUT2D eigenvalue weighted by atomic mass is 32.2. The Balaban J connectivity index is 2.28. The molecule has 1 aliphatic heterocycles. The SMILES string of the molecule is CC(C)N1CS(=N)CN(c2ccccc2)C1=O. The second kappa shape index (κ2) is 4.87. The number of anilines is 1. The van der Waals surface area contributed by atoms with Gasteiger partial charge < -0.3 is 4.90 Å². The van der Waals surface area contributed by atoms with Crippen molar-refractivity contribution in [3.05, 3.63) is 30.3 Å². The van der Waals surface area contributed by atoms with Crippen molar-refractivity contribution in [1.29, 1.82) is 4.78 Å². The maximum atomic E-state index is 12.3. The lowest BCUT2D eigenvalue weighted by molar-refractivity contribution is 0.200. The highest BCUT2D eigenvalue weighted by Gasteiger charge is 2.30. The highest BCUT2D eigenvalue weighted by Crippen LogP contribution is 2.21. The molecule has 0 aromatic heterocycles. The number of carbonyl (C=O) groups is 1. The first kappa shape index (κ1) is 12.1. The van der Waals surface area contributed by atoms with Crippen molar-refractivity contribution in [2.24, 2.45) is 0 Å². The van der Waals surface area contributed by atoms with Gasteiger partial charge in [-0.25, -0.2) is 4.79 Å². The highest BCUT2D eigenvalue weighted by molar-refractivity contribution is 7.86. The maximum Gasteiger partial charge on any atom is 0.326 e. The number of carbonyl (C=O) groups excluding carboxylic acids is 1. The van der Waals surface area contributed by atoms with Gasteiger partial charge in [0.2, 0.25) is 0 Å². The average molecular weight is 251 g/mol. The van der Waals surface area contributed by atoms with E-state index < -0.39 is 10.7 Å². The summed E-state index contributed by atoms with van der Waals surface area (Å²) in [6, 6.07) is 9.76. The van der Waals surface area contributed by atoms with Crippen LogP contribution >= 0.6 is 0 Å². The number of hydrogen-bond donors (Lipinski definition) is 1. The Kier molecular flexibility index (Phi) is 3.47. The average Bonchev–Trinajstić information content (AvgIpc) is 2.32. The van der Waals surface area contributed by atoms with E-state index in [0.29, 0.717) is 11.8 Å². The van der Waals surface area contributed by atoms with Crippen molar-refractivity contribution in [3.63, 3.8) is 0 Å². The van der Waals surface area contributed by atoms with Crippen molar-refractivity contribution in [1.82, 2.24) is 4.90 Å². The molecule has 0 bridgehead atoms. The molecule has 1 fully saturated rings. The van der Waals surface area contributed by atoms with E-state index in [2.05, 4.69) is 0 Å². The van der Waals surface area contributed by atoms with Crippen LogP contribution in [0.25, 0.3) is 0 Å². The third-order valence-electron chi connectivity index (χ3n) is 2.75. The van der Waals surface area contributed by atoms with E-state index >= 15 is 0 Å². The molecule has 1 saturated heterocycles. The summed E-state index contributed by atoms with van der Waals surface area (Å²) in [6.45, 7) is 3.98. The molecule has 1 unspecified atom stereocenters. The lowest BCUT2D eigenvalue weighted by atomic mass is 10.3. The number of nitrogens with one attached hydrogen (secondary N) is 1. The summed E-state index contributed by atoms with van der Waals surface area (Å²) < 4.78 is 7.96. The van der Waals surface area contributed by atoms with Gasteiger partial charge in [0.25, 0.3) is 0 Å². The van der Waals surface area contributed by atoms with Gasteiger partial charge in [0.1, 0.15) is 0 Å². The molecule has 2 rings (SSSR count). The first-order chi connectivity index (χ1) is 8.09. The van der Waals surface area contributed by atoms with Crippen molar-refractivity contribution in [2.75, 3.05) is 16.7 Å². The second-order valence-electron chi connectivity index (χ2n) is 4.36. The number of amides is 2. The molecule has 1 aliphatic rings. The van der Waals surface area contributed by atoms with Gasteiger partial charge in [0.05, 0.1) is 11.8 Å². The Morgan fingerprint density at radius 2 is 1.88 bits per heavy atom. The first-order valence-corrected chi connectivity index (χ1v) is 7.18. The summed E-state index contributed by atoms with van der Waals surface area (Å²) in [4.78, 5) is 15.8. The third-order valence-corrected chi connectivity index (χ3v) is 3.91. The van der Waals surface area contributed by atoms with Crippen molar-refractivity contribution < 1.29 is 4.79 Å². The maximum absolute atomic E-state index is 12.3. The molecule has 1 N–H and O–H groups in total. The fraction of sp³-hybridized carbons (Fsp3) is 0.417. The lowest BCUT2D eigenvalue weighted by Crippen LogP contribution is -2.53. The quantitative estimate of drug-likeness (QED) is 0.863. The van der Waals surface area contributed by atoms with Gasteiger partial charge in [-0.05, 0) is 26.0 Å². The molecule has 0 saturated carbocycles. The topological polar surface area (TPSA) is 47.4 Å². The van der Waals surface area contributed by atoms with E-state index in [1.54, 1.807) is 9.80 Å². The summed E-state index contributed by atoms with van der Waals surface area (Å²) in [6.07, 6.45) is 0. The Hall–Kier alpha value is -1.36. The van der Waals surface area contributed by atoms with Crippen molar-refractivity contribution in [2.45, 2.75) is 19.9 Å². The van der Waals surface area contributed by atoms with Gasteiger partial charge in [-0.2, -0.15) is 0 Å².